The first-order valence-corrected chi connectivity index (χ1v) is 6.01. The van der Waals surface area contributed by atoms with E-state index in [-0.39, 0.29) is 12.1 Å². The third-order valence-corrected chi connectivity index (χ3v) is 2.87. The molecule has 0 N–H and O–H groups in total. The second-order valence-corrected chi connectivity index (χ2v) is 4.98. The van der Waals surface area contributed by atoms with Gasteiger partial charge in [-0.3, -0.25) is 0 Å². The van der Waals surface area contributed by atoms with Gasteiger partial charge in [-0.1, -0.05) is 23.2 Å². The average Bonchev–Trinajstić information content (AvgIpc) is 2.14. The summed E-state index contributed by atoms with van der Waals surface area (Å²) in [6, 6.07) is 5.60. The number of benzene rings is 1. The Morgan fingerprint density at radius 3 is 2.38 bits per heavy atom. The molecule has 1 heterocycles. The summed E-state index contributed by atoms with van der Waals surface area (Å²) in [5.41, 5.74) is 0.843. The highest BCUT2D eigenvalue weighted by atomic mass is 35.5. The predicted molar refractivity (Wildman–Crippen MR) is 67.6 cm³/mol. The molecule has 1 aliphatic heterocycles. The van der Waals surface area contributed by atoms with Crippen molar-refractivity contribution in [2.24, 2.45) is 4.99 Å². The fraction of sp³-hybridized carbons (Fsp3) is 0.417. The van der Waals surface area contributed by atoms with Gasteiger partial charge >= 0.3 is 0 Å². The Kier molecular flexibility index (Phi) is 3.41. The minimum Gasteiger partial charge on any atom is -0.474 e. The van der Waals surface area contributed by atoms with Crippen LogP contribution in [0.1, 0.15) is 25.8 Å². The van der Waals surface area contributed by atoms with E-state index < -0.39 is 0 Å². The summed E-state index contributed by atoms with van der Waals surface area (Å²) in [5, 5.41) is 1.19. The predicted octanol–water partition coefficient (Wildman–Crippen LogP) is 3.94. The summed E-state index contributed by atoms with van der Waals surface area (Å²) in [5.74, 6) is 0.635. The first-order valence-electron chi connectivity index (χ1n) is 5.25. The van der Waals surface area contributed by atoms with Crippen LogP contribution in [0.5, 0.6) is 0 Å². The summed E-state index contributed by atoms with van der Waals surface area (Å²) in [6.45, 7) is 4.11. The summed E-state index contributed by atoms with van der Waals surface area (Å²) >= 11 is 11.9. The number of hydrogen-bond donors (Lipinski definition) is 0. The van der Waals surface area contributed by atoms with Crippen LogP contribution in [-0.4, -0.2) is 18.0 Å². The monoisotopic (exact) mass is 257 g/mol. The minimum absolute atomic E-state index is 0.181. The highest BCUT2D eigenvalue weighted by Gasteiger charge is 2.20. The zero-order valence-electron chi connectivity index (χ0n) is 9.21. The van der Waals surface area contributed by atoms with Gasteiger partial charge < -0.3 is 4.74 Å². The molecule has 0 aliphatic carbocycles. The first-order chi connectivity index (χ1) is 7.54. The number of ether oxygens (including phenoxy) is 1. The molecule has 0 fully saturated rings. The lowest BCUT2D eigenvalue weighted by atomic mass is 10.1. The average molecular weight is 258 g/mol. The van der Waals surface area contributed by atoms with Crippen LogP contribution in [0.15, 0.2) is 23.2 Å². The smallest absolute Gasteiger partial charge is 0.216 e. The highest BCUT2D eigenvalue weighted by Crippen LogP contribution is 2.23. The van der Waals surface area contributed by atoms with Gasteiger partial charge in [-0.2, -0.15) is 0 Å². The molecule has 2 nitrogen and oxygen atoms in total. The molecule has 0 spiro atoms. The van der Waals surface area contributed by atoms with Crippen molar-refractivity contribution >= 4 is 29.1 Å². The molecule has 86 valence electrons. The fourth-order valence-corrected chi connectivity index (χ4v) is 2.35. The van der Waals surface area contributed by atoms with E-state index in [0.717, 1.165) is 12.0 Å². The van der Waals surface area contributed by atoms with Crippen molar-refractivity contribution in [3.8, 4) is 0 Å². The van der Waals surface area contributed by atoms with Crippen LogP contribution in [0, 0.1) is 0 Å². The molecule has 0 amide bonds. The second kappa shape index (κ2) is 4.64. The van der Waals surface area contributed by atoms with E-state index in [9.17, 15) is 0 Å². The maximum atomic E-state index is 5.95. The number of hydrogen-bond acceptors (Lipinski definition) is 2. The third-order valence-electron chi connectivity index (χ3n) is 2.43. The molecule has 16 heavy (non-hydrogen) atoms. The fourth-order valence-electron chi connectivity index (χ4n) is 1.82. The Bertz CT molecular complexity index is 411. The van der Waals surface area contributed by atoms with Crippen molar-refractivity contribution in [3.05, 3.63) is 33.8 Å². The Morgan fingerprint density at radius 2 is 1.81 bits per heavy atom. The van der Waals surface area contributed by atoms with Crippen LogP contribution in [0.2, 0.25) is 10.0 Å². The van der Waals surface area contributed by atoms with Crippen molar-refractivity contribution in [3.63, 3.8) is 0 Å². The Hall–Kier alpha value is -0.730. The van der Waals surface area contributed by atoms with Crippen LogP contribution in [-0.2, 0) is 4.74 Å². The molecule has 0 bridgehead atoms. The molecule has 0 radical (unpaired) electrons. The van der Waals surface area contributed by atoms with E-state index >= 15 is 0 Å². The van der Waals surface area contributed by atoms with Gasteiger partial charge in [-0.15, -0.1) is 0 Å². The van der Waals surface area contributed by atoms with Crippen molar-refractivity contribution in [2.45, 2.75) is 32.4 Å². The maximum Gasteiger partial charge on any atom is 0.216 e. The van der Waals surface area contributed by atoms with Crippen molar-refractivity contribution in [1.29, 1.82) is 0 Å². The number of halogens is 2. The topological polar surface area (TPSA) is 21.6 Å². The van der Waals surface area contributed by atoms with Crippen LogP contribution < -0.4 is 0 Å². The van der Waals surface area contributed by atoms with E-state index in [2.05, 4.69) is 11.9 Å². The zero-order valence-corrected chi connectivity index (χ0v) is 10.7. The minimum atomic E-state index is 0.181. The van der Waals surface area contributed by atoms with Gasteiger partial charge in [0.2, 0.25) is 5.90 Å². The molecule has 2 atom stereocenters. The van der Waals surface area contributed by atoms with Gasteiger partial charge in [-0.25, -0.2) is 4.99 Å². The first kappa shape index (κ1) is 11.7. The third kappa shape index (κ3) is 2.69. The Morgan fingerprint density at radius 1 is 1.19 bits per heavy atom. The molecule has 0 saturated carbocycles. The quantitative estimate of drug-likeness (QED) is 0.747. The second-order valence-electron chi connectivity index (χ2n) is 4.11. The normalized spacial score (nSPS) is 24.9. The molecule has 2 rings (SSSR count). The standard InChI is InChI=1S/C12H13Cl2NO/c1-7-3-8(2)16-12(15-7)9-4-10(13)6-11(14)5-9/h4-8H,3H2,1-2H3. The molecule has 0 aromatic heterocycles. The lowest BCUT2D eigenvalue weighted by molar-refractivity contribution is 0.171. The van der Waals surface area contributed by atoms with Gasteiger partial charge in [0, 0.05) is 22.0 Å². The van der Waals surface area contributed by atoms with Gasteiger partial charge in [0.25, 0.3) is 0 Å². The molecular formula is C12H13Cl2NO. The van der Waals surface area contributed by atoms with Crippen LogP contribution in [0.4, 0.5) is 0 Å². The van der Waals surface area contributed by atoms with Crippen molar-refractivity contribution in [1.82, 2.24) is 0 Å². The summed E-state index contributed by atoms with van der Waals surface area (Å²) < 4.78 is 5.69. The van der Waals surface area contributed by atoms with E-state index in [1.54, 1.807) is 6.07 Å². The van der Waals surface area contributed by atoms with Gasteiger partial charge in [0.15, 0.2) is 0 Å². The largest absolute Gasteiger partial charge is 0.474 e. The van der Waals surface area contributed by atoms with Gasteiger partial charge in [0.05, 0.1) is 12.1 Å². The number of aliphatic imine (C=N–C) groups is 1. The highest BCUT2D eigenvalue weighted by molar-refractivity contribution is 6.35. The molecule has 4 heteroatoms. The van der Waals surface area contributed by atoms with Gasteiger partial charge in [-0.05, 0) is 32.0 Å². The molecule has 1 aromatic carbocycles. The Balaban J connectivity index is 2.36. The number of nitrogens with zero attached hydrogens (tertiary/aromatic N) is 1. The van der Waals surface area contributed by atoms with Crippen LogP contribution >= 0.6 is 23.2 Å². The summed E-state index contributed by atoms with van der Waals surface area (Å²) in [6.07, 6.45) is 1.12. The van der Waals surface area contributed by atoms with E-state index in [0.29, 0.717) is 15.9 Å². The SMILES string of the molecule is CC1CC(C)OC(c2cc(Cl)cc(Cl)c2)=N1. The Labute approximate surface area is 105 Å². The molecule has 2 unspecified atom stereocenters. The lowest BCUT2D eigenvalue weighted by Crippen LogP contribution is -2.26. The lowest BCUT2D eigenvalue weighted by Gasteiger charge is -2.24. The van der Waals surface area contributed by atoms with Crippen LogP contribution in [0.3, 0.4) is 0 Å². The van der Waals surface area contributed by atoms with Gasteiger partial charge in [0.1, 0.15) is 0 Å². The summed E-state index contributed by atoms with van der Waals surface area (Å²) in [7, 11) is 0. The molecule has 0 saturated heterocycles. The molecule has 1 aromatic rings. The molecular weight excluding hydrogens is 245 g/mol. The maximum absolute atomic E-state index is 5.95. The summed E-state index contributed by atoms with van der Waals surface area (Å²) in [4.78, 5) is 4.46. The number of rotatable bonds is 1. The molecule has 1 aliphatic rings. The van der Waals surface area contributed by atoms with E-state index in [1.807, 2.05) is 19.1 Å². The van der Waals surface area contributed by atoms with Crippen molar-refractivity contribution in [2.75, 3.05) is 0 Å². The zero-order chi connectivity index (χ0) is 11.7. The van der Waals surface area contributed by atoms with Crippen molar-refractivity contribution < 1.29 is 4.74 Å². The van der Waals surface area contributed by atoms with E-state index in [1.165, 1.54) is 0 Å². The van der Waals surface area contributed by atoms with Crippen LogP contribution in [0.25, 0.3) is 0 Å². The van der Waals surface area contributed by atoms with E-state index in [4.69, 9.17) is 27.9 Å².